The Morgan fingerprint density at radius 1 is 1.15 bits per heavy atom. The predicted octanol–water partition coefficient (Wildman–Crippen LogP) is 5.60. The number of hydrogen-bond acceptors (Lipinski definition) is 4. The van der Waals surface area contributed by atoms with E-state index in [0.29, 0.717) is 6.42 Å². The molecule has 2 atom stereocenters. The molecule has 0 radical (unpaired) electrons. The van der Waals surface area contributed by atoms with Crippen LogP contribution in [-0.4, -0.2) is 33.0 Å². The van der Waals surface area contributed by atoms with E-state index in [-0.39, 0.29) is 33.6 Å². The first-order chi connectivity index (χ1) is 15.4. The first-order valence-corrected chi connectivity index (χ1v) is 10.0. The molecule has 3 rings (SSSR count). The molecule has 3 aromatic rings. The van der Waals surface area contributed by atoms with Gasteiger partial charge in [-0.25, -0.2) is 4.39 Å². The third kappa shape index (κ3) is 4.64. The number of carboxylic acid groups (broad SMARTS) is 1. The zero-order valence-corrected chi connectivity index (χ0v) is 17.9. The smallest absolute Gasteiger partial charge is 0.505 e. The number of rotatable bonds is 6. The van der Waals surface area contributed by atoms with Gasteiger partial charge in [0.25, 0.3) is 5.91 Å². The Kier molecular flexibility index (Phi) is 6.40. The van der Waals surface area contributed by atoms with Crippen LogP contribution < -0.4 is 4.74 Å². The zero-order valence-electron chi connectivity index (χ0n) is 17.9. The van der Waals surface area contributed by atoms with Crippen LogP contribution in [0.15, 0.2) is 36.4 Å². The van der Waals surface area contributed by atoms with Gasteiger partial charge in [-0.1, -0.05) is 20.3 Å². The quantitative estimate of drug-likeness (QED) is 0.461. The summed E-state index contributed by atoms with van der Waals surface area (Å²) in [7, 11) is 0. The van der Waals surface area contributed by atoms with Crippen molar-refractivity contribution >= 4 is 22.8 Å². The van der Waals surface area contributed by atoms with Gasteiger partial charge >= 0.3 is 12.3 Å². The fourth-order valence-electron chi connectivity index (χ4n) is 3.92. The lowest BCUT2D eigenvalue weighted by atomic mass is 9.84. The Hall–Kier alpha value is -3.56. The van der Waals surface area contributed by atoms with E-state index >= 15 is 0 Å². The summed E-state index contributed by atoms with van der Waals surface area (Å²) in [6.07, 6.45) is -4.39. The average Bonchev–Trinajstić information content (AvgIpc) is 2.98. The van der Waals surface area contributed by atoms with Crippen molar-refractivity contribution < 1.29 is 42.1 Å². The number of aliphatic carboxylic acids is 1. The van der Waals surface area contributed by atoms with Crippen LogP contribution in [0.4, 0.5) is 17.6 Å². The van der Waals surface area contributed by atoms with Crippen molar-refractivity contribution in [3.8, 4) is 11.5 Å². The Labute approximate surface area is 186 Å². The average molecular weight is 467 g/mol. The minimum Gasteiger partial charge on any atom is -0.505 e. The van der Waals surface area contributed by atoms with Gasteiger partial charge in [-0.2, -0.15) is 0 Å². The molecule has 0 fully saturated rings. The first-order valence-electron chi connectivity index (χ1n) is 10.0. The van der Waals surface area contributed by atoms with E-state index in [2.05, 4.69) is 4.74 Å². The molecule has 1 aromatic heterocycles. The molecule has 2 N–H and O–H groups in total. The maximum Gasteiger partial charge on any atom is 0.573 e. The van der Waals surface area contributed by atoms with Crippen molar-refractivity contribution in [3.63, 3.8) is 0 Å². The molecule has 2 aromatic carbocycles. The second-order valence-electron chi connectivity index (χ2n) is 7.73. The number of ether oxygens (including phenoxy) is 1. The fraction of sp³-hybridized carbons (Fsp3) is 0.304. The Morgan fingerprint density at radius 2 is 1.76 bits per heavy atom. The molecule has 0 saturated carbocycles. The number of benzene rings is 2. The van der Waals surface area contributed by atoms with Gasteiger partial charge in [0.1, 0.15) is 5.75 Å². The van der Waals surface area contributed by atoms with E-state index in [9.17, 15) is 37.4 Å². The normalized spacial score (nSPS) is 13.7. The number of fused-ring (bicyclic) bond motifs is 1. The fourth-order valence-corrected chi connectivity index (χ4v) is 3.92. The topological polar surface area (TPSA) is 88.8 Å². The highest BCUT2D eigenvalue weighted by atomic mass is 19.4. The van der Waals surface area contributed by atoms with Crippen LogP contribution in [0.1, 0.15) is 47.8 Å². The van der Waals surface area contributed by atoms with Crippen LogP contribution in [0.2, 0.25) is 0 Å². The van der Waals surface area contributed by atoms with E-state index in [1.54, 1.807) is 6.92 Å². The van der Waals surface area contributed by atoms with Crippen molar-refractivity contribution in [1.29, 1.82) is 0 Å². The number of carbonyl (C=O) groups excluding carboxylic acids is 1. The minimum atomic E-state index is -4.89. The van der Waals surface area contributed by atoms with Crippen LogP contribution in [0.5, 0.6) is 11.5 Å². The number of alkyl halides is 3. The summed E-state index contributed by atoms with van der Waals surface area (Å²) in [4.78, 5) is 25.4. The molecule has 0 aliphatic heterocycles. The van der Waals surface area contributed by atoms with Crippen LogP contribution in [0, 0.1) is 18.7 Å². The molecule has 33 heavy (non-hydrogen) atoms. The highest BCUT2D eigenvalue weighted by Crippen LogP contribution is 2.39. The minimum absolute atomic E-state index is 0.0278. The van der Waals surface area contributed by atoms with E-state index in [1.165, 1.54) is 6.92 Å². The molecule has 0 saturated heterocycles. The highest BCUT2D eigenvalue weighted by Gasteiger charge is 2.34. The SMILES string of the molecule is CCC(C)C(C(=O)O)c1c(C)n(C(=O)c2ccc(OC(F)(F)F)cc2)c2cc(F)c(O)cc12. The molecule has 10 heteroatoms. The molecule has 6 nitrogen and oxygen atoms in total. The van der Waals surface area contributed by atoms with Crippen LogP contribution in [0.25, 0.3) is 10.9 Å². The number of phenolic OH excluding ortho intramolecular Hbond substituents is 1. The number of hydrogen-bond donors (Lipinski definition) is 2. The molecule has 0 bridgehead atoms. The number of halogens is 4. The largest absolute Gasteiger partial charge is 0.573 e. The number of carboxylic acids is 1. The van der Waals surface area contributed by atoms with Gasteiger partial charge in [-0.3, -0.25) is 14.2 Å². The van der Waals surface area contributed by atoms with Crippen LogP contribution >= 0.6 is 0 Å². The Bertz CT molecular complexity index is 1210. The van der Waals surface area contributed by atoms with Gasteiger partial charge in [0, 0.05) is 22.7 Å². The summed E-state index contributed by atoms with van der Waals surface area (Å²) in [5.41, 5.74) is 0.490. The lowest BCUT2D eigenvalue weighted by Gasteiger charge is -2.20. The van der Waals surface area contributed by atoms with Crippen molar-refractivity contribution in [1.82, 2.24) is 4.57 Å². The van der Waals surface area contributed by atoms with E-state index in [1.807, 2.05) is 6.92 Å². The Balaban J connectivity index is 2.21. The van der Waals surface area contributed by atoms with Gasteiger partial charge in [-0.05, 0) is 48.7 Å². The van der Waals surface area contributed by atoms with Gasteiger partial charge in [0.2, 0.25) is 0 Å². The third-order valence-corrected chi connectivity index (χ3v) is 5.65. The summed E-state index contributed by atoms with van der Waals surface area (Å²) in [6.45, 7) is 5.04. The van der Waals surface area contributed by atoms with Crippen LogP contribution in [0.3, 0.4) is 0 Å². The number of aromatic nitrogens is 1. The molecule has 0 aliphatic carbocycles. The van der Waals surface area contributed by atoms with Gasteiger partial charge in [-0.15, -0.1) is 13.2 Å². The highest BCUT2D eigenvalue weighted by molar-refractivity contribution is 6.05. The van der Waals surface area contributed by atoms with E-state index in [0.717, 1.165) is 41.0 Å². The summed E-state index contributed by atoms with van der Waals surface area (Å²) in [6, 6.07) is 6.18. The van der Waals surface area contributed by atoms with Gasteiger partial charge in [0.15, 0.2) is 11.6 Å². The molecular formula is C23H21F4NO5. The summed E-state index contributed by atoms with van der Waals surface area (Å²) >= 11 is 0. The molecule has 0 aliphatic rings. The van der Waals surface area contributed by atoms with Crippen molar-refractivity contribution in [3.05, 3.63) is 59.0 Å². The first kappa shape index (κ1) is 24.1. The van der Waals surface area contributed by atoms with Crippen molar-refractivity contribution in [2.75, 3.05) is 0 Å². The molecule has 0 spiro atoms. The maximum atomic E-state index is 14.2. The number of aromatic hydroxyl groups is 1. The van der Waals surface area contributed by atoms with Gasteiger partial charge < -0.3 is 14.9 Å². The molecule has 176 valence electrons. The number of phenols is 1. The standard InChI is InChI=1S/C23H21F4NO5/c1-4-11(2)19(22(31)32)20-12(3)28(17-10-16(24)18(29)9-15(17)20)21(30)13-5-7-14(8-6-13)33-23(25,26)27/h5-11,19,29H,4H2,1-3H3,(H,31,32). The molecule has 1 heterocycles. The van der Waals surface area contributed by atoms with Crippen molar-refractivity contribution in [2.24, 2.45) is 5.92 Å². The van der Waals surface area contributed by atoms with E-state index < -0.39 is 41.5 Å². The summed E-state index contributed by atoms with van der Waals surface area (Å²) < 4.78 is 56.3. The van der Waals surface area contributed by atoms with Crippen molar-refractivity contribution in [2.45, 2.75) is 39.5 Å². The summed E-state index contributed by atoms with van der Waals surface area (Å²) in [5, 5.41) is 20.0. The third-order valence-electron chi connectivity index (χ3n) is 5.65. The maximum absolute atomic E-state index is 14.2. The second kappa shape index (κ2) is 8.76. The molecular weight excluding hydrogens is 446 g/mol. The Morgan fingerprint density at radius 3 is 2.27 bits per heavy atom. The predicted molar refractivity (Wildman–Crippen MR) is 111 cm³/mol. The van der Waals surface area contributed by atoms with E-state index in [4.69, 9.17) is 0 Å². The molecule has 2 unspecified atom stereocenters. The number of carbonyl (C=O) groups is 2. The number of nitrogens with zero attached hydrogens (tertiary/aromatic N) is 1. The van der Waals surface area contributed by atoms with Crippen LogP contribution in [-0.2, 0) is 4.79 Å². The monoisotopic (exact) mass is 467 g/mol. The lowest BCUT2D eigenvalue weighted by Crippen LogP contribution is -2.21. The van der Waals surface area contributed by atoms with Gasteiger partial charge in [0.05, 0.1) is 11.4 Å². The second-order valence-corrected chi connectivity index (χ2v) is 7.73. The summed E-state index contributed by atoms with van der Waals surface area (Å²) in [5.74, 6) is -5.47. The lowest BCUT2D eigenvalue weighted by molar-refractivity contribution is -0.274. The molecule has 0 amide bonds. The zero-order chi connectivity index (χ0) is 24.7.